The van der Waals surface area contributed by atoms with Gasteiger partial charge < -0.3 is 28.4 Å². The van der Waals surface area contributed by atoms with E-state index in [0.717, 1.165) is 22.7 Å². The first-order valence-corrected chi connectivity index (χ1v) is 34.7. The normalized spacial score (nSPS) is 18.0. The molecule has 0 N–H and O–H groups in total. The van der Waals surface area contributed by atoms with Crippen molar-refractivity contribution in [1.82, 2.24) is 9.80 Å². The second-order valence-corrected chi connectivity index (χ2v) is 27.1. The fourth-order valence-electron chi connectivity index (χ4n) is 13.3. The minimum Gasteiger partial charge on any atom is -0.459 e. The number of carbonyl (C=O) groups is 10. The van der Waals surface area contributed by atoms with Crippen LogP contribution in [-0.2, 0) is 117 Å². The van der Waals surface area contributed by atoms with Crippen molar-refractivity contribution < 1.29 is 76.4 Å². The van der Waals surface area contributed by atoms with E-state index in [9.17, 15) is 39.3 Å². The first-order valence-electron chi connectivity index (χ1n) is 33.1. The second-order valence-electron chi connectivity index (χ2n) is 25.0. The van der Waals surface area contributed by atoms with Gasteiger partial charge in [-0.25, -0.2) is 19.6 Å². The number of hydrogen-bond acceptors (Lipinski definition) is 22. The van der Waals surface area contributed by atoms with Gasteiger partial charge in [0.05, 0.1) is 0 Å². The molecule has 6 amide bonds. The van der Waals surface area contributed by atoms with Crippen LogP contribution in [0.15, 0.2) is 262 Å². The molecule has 14 rings (SSSR count). The Kier molecular flexibility index (Phi) is 19.1. The van der Waals surface area contributed by atoms with Crippen molar-refractivity contribution in [2.75, 3.05) is 0 Å². The number of allylic oxidation sites excluding steroid dienone is 6. The van der Waals surface area contributed by atoms with Crippen LogP contribution >= 0.6 is 22.7 Å². The number of hydrogen-bond donors (Lipinski definition) is 0. The van der Waals surface area contributed by atoms with Crippen molar-refractivity contribution in [3.8, 4) is 12.1 Å². The van der Waals surface area contributed by atoms with Crippen molar-refractivity contribution >= 4 is 115 Å². The molecular weight excluding hydrogens is 1390 g/mol. The monoisotopic (exact) mass is 1440 g/mol. The van der Waals surface area contributed by atoms with Gasteiger partial charge in [-0.3, -0.25) is 38.4 Å². The fourth-order valence-corrected chi connectivity index (χ4v) is 15.6. The van der Waals surface area contributed by atoms with Crippen molar-refractivity contribution in [3.05, 3.63) is 306 Å². The Morgan fingerprint density at radius 2 is 0.660 bits per heavy atom. The summed E-state index contributed by atoms with van der Waals surface area (Å²) < 4.78 is 35.9. The van der Waals surface area contributed by atoms with E-state index in [1.54, 1.807) is 218 Å². The molecule has 4 aliphatic carbocycles. The average molecular weight is 1450 g/mol. The summed E-state index contributed by atoms with van der Waals surface area (Å²) in [7, 11) is 0. The molecule has 24 heteroatoms. The van der Waals surface area contributed by atoms with E-state index in [4.69, 9.17) is 38.4 Å². The van der Waals surface area contributed by atoms with E-state index in [-0.39, 0.29) is 114 Å². The summed E-state index contributed by atoms with van der Waals surface area (Å²) in [4.78, 5) is 159. The molecule has 2 atom stereocenters. The zero-order valence-electron chi connectivity index (χ0n) is 56.2. The van der Waals surface area contributed by atoms with Gasteiger partial charge in [0.25, 0.3) is 23.6 Å². The molecule has 0 fully saturated rings. The number of esters is 4. The van der Waals surface area contributed by atoms with Crippen molar-refractivity contribution in [3.63, 3.8) is 0 Å². The summed E-state index contributed by atoms with van der Waals surface area (Å²) in [6.45, 7) is 0.605. The number of ether oxygens (including phenoxy) is 6. The highest BCUT2D eigenvalue weighted by atomic mass is 32.1. The van der Waals surface area contributed by atoms with Crippen molar-refractivity contribution in [1.29, 1.82) is 10.5 Å². The van der Waals surface area contributed by atoms with Gasteiger partial charge in [0.1, 0.15) is 84.4 Å². The van der Waals surface area contributed by atoms with Gasteiger partial charge in [0, 0.05) is 43.9 Å². The van der Waals surface area contributed by atoms with E-state index < -0.39 is 105 Å². The lowest BCUT2D eigenvalue weighted by Gasteiger charge is -2.35. The van der Waals surface area contributed by atoms with E-state index >= 15 is 19.2 Å². The zero-order valence-corrected chi connectivity index (χ0v) is 57.8. The summed E-state index contributed by atoms with van der Waals surface area (Å²) in [5, 5.41) is 20.7. The number of amides is 6. The number of imide groups is 6. The lowest BCUT2D eigenvalue weighted by molar-refractivity contribution is -0.166. The van der Waals surface area contributed by atoms with Gasteiger partial charge in [-0.15, -0.1) is 22.7 Å². The van der Waals surface area contributed by atoms with Crippen LogP contribution in [0.4, 0.5) is 19.6 Å². The van der Waals surface area contributed by atoms with Gasteiger partial charge in [0.2, 0.25) is 10.8 Å². The zero-order chi connectivity index (χ0) is 74.0. The Morgan fingerprint density at radius 1 is 0.396 bits per heavy atom. The van der Waals surface area contributed by atoms with Crippen LogP contribution < -0.4 is 0 Å². The molecule has 4 heterocycles. The molecule has 22 nitrogen and oxygen atoms in total. The van der Waals surface area contributed by atoms with Crippen LogP contribution in [-0.4, -0.2) is 80.9 Å². The highest BCUT2D eigenvalue weighted by Gasteiger charge is 2.65. The molecule has 2 aromatic heterocycles. The number of thiophene rings is 2. The first-order chi connectivity index (χ1) is 51.4. The molecule has 2 unspecified atom stereocenters. The topological polar surface area (TPSA) is 305 Å². The van der Waals surface area contributed by atoms with Gasteiger partial charge >= 0.3 is 36.1 Å². The van der Waals surface area contributed by atoms with E-state index in [1.807, 2.05) is 0 Å². The van der Waals surface area contributed by atoms with E-state index in [1.165, 1.54) is 26.0 Å². The van der Waals surface area contributed by atoms with Crippen molar-refractivity contribution in [2.24, 2.45) is 21.8 Å². The number of rotatable bonds is 18. The third-order valence-electron chi connectivity index (χ3n) is 18.6. The van der Waals surface area contributed by atoms with E-state index in [0.29, 0.717) is 33.4 Å². The second kappa shape index (κ2) is 29.1. The summed E-state index contributed by atoms with van der Waals surface area (Å²) in [6.07, 6.45) is 4.14. The van der Waals surface area contributed by atoms with Crippen LogP contribution in [0.3, 0.4) is 0 Å². The predicted molar refractivity (Wildman–Crippen MR) is 384 cm³/mol. The minimum absolute atomic E-state index is 0.0104. The molecule has 6 aliphatic rings. The van der Waals surface area contributed by atoms with Crippen LogP contribution in [0.5, 0.6) is 0 Å². The fraction of sp³-hybridized carbons (Fsp3) is 0.146. The largest absolute Gasteiger partial charge is 0.459 e. The quantitative estimate of drug-likeness (QED) is 0.0333. The highest BCUT2D eigenvalue weighted by Crippen LogP contribution is 2.63. The number of fused-ring (bicyclic) bond motifs is 7. The Hall–Kier alpha value is -13.4. The van der Waals surface area contributed by atoms with Crippen molar-refractivity contribution in [2.45, 2.75) is 64.3 Å². The lowest BCUT2D eigenvalue weighted by Crippen LogP contribution is -2.50. The Labute approximate surface area is 612 Å². The Morgan fingerprint density at radius 3 is 0.925 bits per heavy atom. The summed E-state index contributed by atoms with van der Waals surface area (Å²) >= 11 is 1.82. The molecule has 0 spiro atoms. The number of nitriles is 2. The standard InChI is InChI=1S/C82H56N6O16S2/c1-47-59(39-83)71(89)87(79(97)103-45-53-29-17-7-18-30-53)73(91)67(47)85-65-37-63-69(105-65)57-33-55-36-62-58(34-56(55)35-61(57)81(63,75(93)99-41-49-21-9-3-10-22-49)76(94)100-42-50-23-11-4-12-24-50)70-64(82(62,77(95)101-43-51-25-13-5-14-26-51)78(96)102-44-52-27-15-6-16-28-52)38-66(106-70)86-68-48(2)60(40-84)72(90)88(74(68)92)80(98)104-46-54-31-19-8-20-32-54/h3-38,55-56H,41-46H2,1-2H3. The van der Waals surface area contributed by atoms with Gasteiger partial charge in [-0.1, -0.05) is 206 Å². The molecule has 0 saturated heterocycles. The molecule has 0 bridgehead atoms. The SMILES string of the molecule is CC1=C(C#N)C(=O)N(C(=O)OCc2ccccc2)C(=O)C1=Nc1cc2c(s1)C1=CC3C=C4C(=CC3C=C1C2(C(=O)OCc1ccccc1)C(=O)OCc1ccccc1)c1sc(N=C2C(=O)N(C(=O)OCc3ccccc3)C(=O)C(C#N)=C2C)cc1C4(C(=O)OCc1ccccc1)C(=O)OCc1ccccc1. The van der Waals surface area contributed by atoms with Crippen LogP contribution in [0.25, 0.3) is 11.1 Å². The van der Waals surface area contributed by atoms with E-state index in [2.05, 4.69) is 0 Å². The average Bonchev–Trinajstić information content (AvgIpc) is 1.52. The third kappa shape index (κ3) is 12.6. The third-order valence-corrected chi connectivity index (χ3v) is 20.8. The summed E-state index contributed by atoms with van der Waals surface area (Å²) in [5.74, 6) is -11.1. The maximum atomic E-state index is 16.0. The molecule has 6 aromatic carbocycles. The molecule has 0 radical (unpaired) electrons. The predicted octanol–water partition coefficient (Wildman–Crippen LogP) is 13.1. The number of nitrogens with zero attached hydrogens (tertiary/aromatic N) is 6. The summed E-state index contributed by atoms with van der Waals surface area (Å²) in [6, 6.07) is 58.1. The van der Waals surface area contributed by atoms with Gasteiger partial charge in [0.15, 0.2) is 0 Å². The molecule has 106 heavy (non-hydrogen) atoms. The van der Waals surface area contributed by atoms with Gasteiger partial charge in [-0.2, -0.15) is 20.3 Å². The first kappa shape index (κ1) is 69.7. The maximum absolute atomic E-state index is 16.0. The molecule has 8 aromatic rings. The maximum Gasteiger partial charge on any atom is 0.424 e. The van der Waals surface area contributed by atoms with Crippen LogP contribution in [0.2, 0.25) is 0 Å². The number of carbonyl (C=O) groups excluding carboxylic acids is 10. The smallest absolute Gasteiger partial charge is 0.424 e. The lowest BCUT2D eigenvalue weighted by atomic mass is 9.68. The Bertz CT molecular complexity index is 4960. The molecule has 522 valence electrons. The minimum atomic E-state index is -2.52. The Balaban J connectivity index is 0.940. The van der Waals surface area contributed by atoms with Gasteiger partial charge in [-0.05, 0) is 81.7 Å². The summed E-state index contributed by atoms with van der Waals surface area (Å²) in [5.41, 5.74) is -3.66. The molecule has 0 saturated carbocycles. The molecular formula is C82H56N6O16S2. The number of aliphatic imine (C=N–C) groups is 2. The van der Waals surface area contributed by atoms with Crippen LogP contribution in [0.1, 0.15) is 68.1 Å². The van der Waals surface area contributed by atoms with Crippen LogP contribution in [0, 0.1) is 34.5 Å². The highest BCUT2D eigenvalue weighted by molar-refractivity contribution is 7.17. The number of benzene rings is 6. The molecule has 2 aliphatic heterocycles.